The molecule has 0 amide bonds. The molecule has 0 aromatic heterocycles. The van der Waals surface area contributed by atoms with Crippen LogP contribution in [0, 0.1) is 0 Å². The van der Waals surface area contributed by atoms with Crippen LogP contribution >= 0.6 is 15.6 Å². The van der Waals surface area contributed by atoms with Crippen LogP contribution in [0.25, 0.3) is 0 Å². The fourth-order valence-electron chi connectivity index (χ4n) is 10.9. The molecule has 0 aliphatic carbocycles. The highest BCUT2D eigenvalue weighted by atomic mass is 31.2. The summed E-state index contributed by atoms with van der Waals surface area (Å²) in [5.41, 5.74) is 0. The summed E-state index contributed by atoms with van der Waals surface area (Å²) in [6.45, 7) is 4.71. The number of allylic oxidation sites excluding steroid dienone is 16. The molecule has 0 saturated heterocycles. The molecule has 102 heavy (non-hydrogen) atoms. The maximum atomic E-state index is 13.1. The quantitative estimate of drug-likeness (QED) is 0.0169. The number of carbonyl (C=O) groups excluding carboxylic acids is 4. The number of carbonyl (C=O) groups is 4. The van der Waals surface area contributed by atoms with E-state index in [2.05, 4.69) is 125 Å². The Morgan fingerprint density at radius 2 is 0.510 bits per heavy atom. The number of ether oxygens (including phenoxy) is 4. The second-order valence-corrected chi connectivity index (χ2v) is 29.9. The monoisotopic (exact) mass is 1480 g/mol. The number of aliphatic hydroxyl groups is 1. The zero-order chi connectivity index (χ0) is 74.6. The lowest BCUT2D eigenvalue weighted by Crippen LogP contribution is -2.30. The second-order valence-electron chi connectivity index (χ2n) is 27.0. The maximum Gasteiger partial charge on any atom is 0.472 e. The Morgan fingerprint density at radius 3 is 0.824 bits per heavy atom. The minimum atomic E-state index is -4.98. The molecule has 0 rings (SSSR count). The molecule has 3 N–H and O–H groups in total. The Morgan fingerprint density at radius 1 is 0.284 bits per heavy atom. The molecule has 0 radical (unpaired) electrons. The number of aliphatic hydroxyl groups excluding tert-OH is 1. The molecule has 0 saturated carbocycles. The van der Waals surface area contributed by atoms with Gasteiger partial charge in [-0.3, -0.25) is 37.3 Å². The number of unbranched alkanes of at least 4 members (excludes halogenated alkanes) is 34. The van der Waals surface area contributed by atoms with Crippen LogP contribution in [0.4, 0.5) is 0 Å². The average Bonchev–Trinajstić information content (AvgIpc) is 0.907. The van der Waals surface area contributed by atoms with Gasteiger partial charge in [0.05, 0.1) is 26.4 Å². The lowest BCUT2D eigenvalue weighted by molar-refractivity contribution is -0.161. The van der Waals surface area contributed by atoms with Crippen LogP contribution < -0.4 is 0 Å². The summed E-state index contributed by atoms with van der Waals surface area (Å²) in [5, 5.41) is 10.6. The Hall–Kier alpha value is -4.02. The number of hydrogen-bond acceptors (Lipinski definition) is 15. The Balaban J connectivity index is 5.34. The largest absolute Gasteiger partial charge is 0.472 e. The van der Waals surface area contributed by atoms with Crippen molar-refractivity contribution < 1.29 is 80.2 Å². The molecule has 0 bridgehead atoms. The van der Waals surface area contributed by atoms with Crippen molar-refractivity contribution in [2.24, 2.45) is 0 Å². The molecule has 19 heteroatoms. The first-order valence-corrected chi connectivity index (χ1v) is 43.5. The van der Waals surface area contributed by atoms with E-state index in [1.165, 1.54) is 96.3 Å². The lowest BCUT2D eigenvalue weighted by atomic mass is 10.0. The summed E-state index contributed by atoms with van der Waals surface area (Å²) in [4.78, 5) is 73.0. The summed E-state index contributed by atoms with van der Waals surface area (Å²) in [7, 11) is -9.96. The van der Waals surface area contributed by atoms with Crippen molar-refractivity contribution in [1.82, 2.24) is 0 Å². The standard InChI is InChI=1S/C83H146O17P2/c1-5-9-13-17-21-25-29-33-35-37-38-40-42-46-48-52-56-60-64-68-81(86)94-74-79(100-83(88)70-66-62-58-54-50-44-32-28-24-20-16-12-8-4)76-98-102(91,92)96-72-77(84)71-95-101(89,90)97-75-78(99-82(87)69-65-61-57-53-49-43-31-27-23-19-15-11-7-3)73-93-80(85)67-63-59-55-51-47-45-41-39-36-34-30-26-22-18-14-10-6-2/h10,14,21-22,25-26,28,32-36,38,40-41,45,77-79,84H,5-9,11-13,15-20,23-24,27,29-31,37,39,42-44,46-76H2,1-4H3,(H,89,90)(H,91,92)/b14-10-,25-21-,26-22-,32-28-,35-33-,36-34-,40-38-,45-41-. The van der Waals surface area contributed by atoms with Crippen molar-refractivity contribution in [2.45, 2.75) is 367 Å². The van der Waals surface area contributed by atoms with Gasteiger partial charge in [-0.15, -0.1) is 0 Å². The second kappa shape index (κ2) is 75.2. The van der Waals surface area contributed by atoms with Gasteiger partial charge in [0.1, 0.15) is 19.3 Å². The van der Waals surface area contributed by atoms with E-state index < -0.39 is 97.5 Å². The molecule has 0 heterocycles. The minimum Gasteiger partial charge on any atom is -0.462 e. The first kappa shape index (κ1) is 98.0. The van der Waals surface area contributed by atoms with E-state index >= 15 is 0 Å². The smallest absolute Gasteiger partial charge is 0.462 e. The number of rotatable bonds is 76. The molecule has 0 aliphatic rings. The number of phosphoric ester groups is 2. The highest BCUT2D eigenvalue weighted by Crippen LogP contribution is 2.45. The molecule has 0 aliphatic heterocycles. The third-order valence-electron chi connectivity index (χ3n) is 17.0. The fraction of sp³-hybridized carbons (Fsp3) is 0.759. The average molecular weight is 1480 g/mol. The summed E-state index contributed by atoms with van der Waals surface area (Å²) in [6, 6.07) is 0. The van der Waals surface area contributed by atoms with Gasteiger partial charge in [-0.1, -0.05) is 292 Å². The third-order valence-corrected chi connectivity index (χ3v) is 18.9. The van der Waals surface area contributed by atoms with Gasteiger partial charge in [0.25, 0.3) is 0 Å². The molecule has 17 nitrogen and oxygen atoms in total. The van der Waals surface area contributed by atoms with Gasteiger partial charge < -0.3 is 33.8 Å². The highest BCUT2D eigenvalue weighted by Gasteiger charge is 2.30. The number of esters is 4. The normalized spacial score (nSPS) is 14.4. The van der Waals surface area contributed by atoms with Crippen LogP contribution in [0.1, 0.15) is 349 Å². The Labute approximate surface area is 620 Å². The Bertz CT molecular complexity index is 2310. The summed E-state index contributed by atoms with van der Waals surface area (Å²) in [5.74, 6) is -2.20. The SMILES string of the molecule is CC/C=C\C/C=C\C/C=C\C/C=C\CCCCCCC(=O)OCC(COP(=O)(O)OCC(O)COP(=O)(O)OCC(COC(=O)CCCCCCCC/C=C\C/C=C\C/C=C\CCCCC)OC(=O)CCCCCCC/C=C\CCCCCC)OC(=O)CCCCCCCCCCCCCCC. The van der Waals surface area contributed by atoms with Gasteiger partial charge in [-0.2, -0.15) is 0 Å². The van der Waals surface area contributed by atoms with Gasteiger partial charge >= 0.3 is 39.5 Å². The molecular weight excluding hydrogens is 1330 g/mol. The van der Waals surface area contributed by atoms with Crippen LogP contribution in [0.15, 0.2) is 97.2 Å². The lowest BCUT2D eigenvalue weighted by Gasteiger charge is -2.21. The van der Waals surface area contributed by atoms with E-state index in [1.807, 2.05) is 0 Å². The predicted molar refractivity (Wildman–Crippen MR) is 418 cm³/mol. The van der Waals surface area contributed by atoms with Crippen molar-refractivity contribution in [3.05, 3.63) is 97.2 Å². The highest BCUT2D eigenvalue weighted by molar-refractivity contribution is 7.47. The van der Waals surface area contributed by atoms with Crippen LogP contribution in [-0.4, -0.2) is 96.7 Å². The van der Waals surface area contributed by atoms with E-state index in [1.54, 1.807) is 0 Å². The van der Waals surface area contributed by atoms with Gasteiger partial charge in [0.2, 0.25) is 0 Å². The molecule has 0 aromatic rings. The maximum absolute atomic E-state index is 13.1. The van der Waals surface area contributed by atoms with Crippen LogP contribution in [0.2, 0.25) is 0 Å². The fourth-order valence-corrected chi connectivity index (χ4v) is 12.4. The summed E-state index contributed by atoms with van der Waals surface area (Å²) < 4.78 is 68.6. The van der Waals surface area contributed by atoms with E-state index in [-0.39, 0.29) is 25.7 Å². The number of phosphoric acid groups is 2. The molecule has 0 fully saturated rings. The molecule has 590 valence electrons. The summed E-state index contributed by atoms with van der Waals surface area (Å²) in [6.07, 6.45) is 79.5. The first-order valence-electron chi connectivity index (χ1n) is 40.5. The van der Waals surface area contributed by atoms with Gasteiger partial charge in [-0.25, -0.2) is 9.13 Å². The Kier molecular flexibility index (Phi) is 72.3. The molecule has 0 spiro atoms. The van der Waals surface area contributed by atoms with E-state index in [0.717, 1.165) is 173 Å². The van der Waals surface area contributed by atoms with Crippen LogP contribution in [0.5, 0.6) is 0 Å². The number of hydrogen-bond donors (Lipinski definition) is 3. The molecular formula is C83H146O17P2. The van der Waals surface area contributed by atoms with Crippen LogP contribution in [-0.2, 0) is 65.4 Å². The van der Waals surface area contributed by atoms with Crippen molar-refractivity contribution in [3.63, 3.8) is 0 Å². The van der Waals surface area contributed by atoms with Crippen molar-refractivity contribution >= 4 is 39.5 Å². The zero-order valence-corrected chi connectivity index (χ0v) is 66.3. The van der Waals surface area contributed by atoms with Crippen LogP contribution in [0.3, 0.4) is 0 Å². The topological polar surface area (TPSA) is 237 Å². The van der Waals surface area contributed by atoms with Crippen molar-refractivity contribution in [1.29, 1.82) is 0 Å². The van der Waals surface area contributed by atoms with Gasteiger partial charge in [-0.05, 0) is 128 Å². The molecule has 5 atom stereocenters. The zero-order valence-electron chi connectivity index (χ0n) is 64.5. The molecule has 0 aromatic carbocycles. The third kappa shape index (κ3) is 74.3. The van der Waals surface area contributed by atoms with Crippen molar-refractivity contribution in [3.8, 4) is 0 Å². The molecule has 5 unspecified atom stereocenters. The summed E-state index contributed by atoms with van der Waals surface area (Å²) >= 11 is 0. The predicted octanol–water partition coefficient (Wildman–Crippen LogP) is 23.6. The van der Waals surface area contributed by atoms with E-state index in [4.69, 9.17) is 37.0 Å². The minimum absolute atomic E-state index is 0.0824. The van der Waals surface area contributed by atoms with Crippen molar-refractivity contribution in [2.75, 3.05) is 39.6 Å². The van der Waals surface area contributed by atoms with E-state index in [0.29, 0.717) is 25.7 Å². The van der Waals surface area contributed by atoms with Gasteiger partial charge in [0.15, 0.2) is 12.2 Å². The van der Waals surface area contributed by atoms with Gasteiger partial charge in [0, 0.05) is 25.7 Å². The first-order chi connectivity index (χ1) is 49.7. The van der Waals surface area contributed by atoms with E-state index in [9.17, 15) is 43.2 Å².